The van der Waals surface area contributed by atoms with Gasteiger partial charge in [0.1, 0.15) is 0 Å². The van der Waals surface area contributed by atoms with Crippen molar-refractivity contribution in [2.24, 2.45) is 0 Å². The van der Waals surface area contributed by atoms with Crippen LogP contribution in [0.1, 0.15) is 44.1 Å². The van der Waals surface area contributed by atoms with E-state index in [0.29, 0.717) is 18.2 Å². The second-order valence-electron chi connectivity index (χ2n) is 6.81. The van der Waals surface area contributed by atoms with Crippen LogP contribution >= 0.6 is 0 Å². The van der Waals surface area contributed by atoms with E-state index in [1.165, 1.54) is 62.9 Å². The molecule has 0 saturated carbocycles. The number of fused-ring (bicyclic) bond motifs is 2. The molecule has 21 heavy (non-hydrogen) atoms. The van der Waals surface area contributed by atoms with Gasteiger partial charge in [-0.2, -0.15) is 0 Å². The van der Waals surface area contributed by atoms with Crippen LogP contribution in [0.2, 0.25) is 0 Å². The van der Waals surface area contributed by atoms with Crippen molar-refractivity contribution in [1.29, 1.82) is 0 Å². The number of piperidine rings is 1. The highest BCUT2D eigenvalue weighted by molar-refractivity contribution is 5.47. The molecule has 3 unspecified atom stereocenters. The number of rotatable bonds is 4. The molecule has 0 spiro atoms. The minimum atomic E-state index is 0.475. The van der Waals surface area contributed by atoms with Crippen LogP contribution in [0.5, 0.6) is 0 Å². The van der Waals surface area contributed by atoms with E-state index in [4.69, 9.17) is 4.74 Å². The average molecular weight is 286 g/mol. The van der Waals surface area contributed by atoms with Gasteiger partial charge in [-0.1, -0.05) is 12.1 Å². The van der Waals surface area contributed by atoms with Crippen molar-refractivity contribution in [2.45, 2.75) is 63.3 Å². The third-order valence-corrected chi connectivity index (χ3v) is 5.33. The Morgan fingerprint density at radius 1 is 1.05 bits per heavy atom. The molecule has 3 heterocycles. The Kier molecular flexibility index (Phi) is 3.87. The SMILES string of the molecule is c1cc(N2CCCCC2)ccc1CNC1CC2CCC1O2. The largest absolute Gasteiger partial charge is 0.373 e. The second-order valence-corrected chi connectivity index (χ2v) is 6.81. The van der Waals surface area contributed by atoms with Gasteiger partial charge < -0.3 is 15.0 Å². The second kappa shape index (κ2) is 5.98. The Balaban J connectivity index is 1.31. The Hall–Kier alpha value is -1.06. The maximum Gasteiger partial charge on any atom is 0.0733 e. The molecule has 3 saturated heterocycles. The van der Waals surface area contributed by atoms with Crippen LogP contribution in [0.4, 0.5) is 5.69 Å². The lowest BCUT2D eigenvalue weighted by atomic mass is 9.95. The fraction of sp³-hybridized carbons (Fsp3) is 0.667. The van der Waals surface area contributed by atoms with Crippen molar-refractivity contribution >= 4 is 5.69 Å². The number of nitrogens with zero attached hydrogens (tertiary/aromatic N) is 1. The highest BCUT2D eigenvalue weighted by Gasteiger charge is 2.40. The lowest BCUT2D eigenvalue weighted by Gasteiger charge is -2.29. The first-order valence-electron chi connectivity index (χ1n) is 8.61. The molecule has 0 aliphatic carbocycles. The van der Waals surface area contributed by atoms with Gasteiger partial charge in [0.2, 0.25) is 0 Å². The minimum Gasteiger partial charge on any atom is -0.373 e. The summed E-state index contributed by atoms with van der Waals surface area (Å²) in [6, 6.07) is 9.72. The van der Waals surface area contributed by atoms with E-state index in [9.17, 15) is 0 Å². The van der Waals surface area contributed by atoms with Gasteiger partial charge in [0.15, 0.2) is 0 Å². The maximum atomic E-state index is 5.90. The summed E-state index contributed by atoms with van der Waals surface area (Å²) in [7, 11) is 0. The molecule has 1 aromatic carbocycles. The molecule has 3 nitrogen and oxygen atoms in total. The fourth-order valence-electron chi connectivity index (χ4n) is 4.08. The van der Waals surface area contributed by atoms with Gasteiger partial charge in [-0.15, -0.1) is 0 Å². The zero-order chi connectivity index (χ0) is 14.1. The van der Waals surface area contributed by atoms with E-state index in [-0.39, 0.29) is 0 Å². The molecule has 1 N–H and O–H groups in total. The van der Waals surface area contributed by atoms with E-state index >= 15 is 0 Å². The average Bonchev–Trinajstić information content (AvgIpc) is 3.17. The van der Waals surface area contributed by atoms with Gasteiger partial charge in [0, 0.05) is 31.4 Å². The summed E-state index contributed by atoms with van der Waals surface area (Å²) in [6.07, 6.45) is 8.81. The Labute approximate surface area is 127 Å². The first kappa shape index (κ1) is 13.6. The normalized spacial score (nSPS) is 31.8. The molecule has 114 valence electrons. The summed E-state index contributed by atoms with van der Waals surface area (Å²) in [4.78, 5) is 2.52. The number of hydrogen-bond donors (Lipinski definition) is 1. The Morgan fingerprint density at radius 2 is 1.86 bits per heavy atom. The van der Waals surface area contributed by atoms with Crippen LogP contribution in [0.15, 0.2) is 24.3 Å². The van der Waals surface area contributed by atoms with Crippen LogP contribution in [-0.4, -0.2) is 31.3 Å². The minimum absolute atomic E-state index is 0.475. The third kappa shape index (κ3) is 2.95. The molecule has 2 bridgehead atoms. The van der Waals surface area contributed by atoms with E-state index in [2.05, 4.69) is 34.5 Å². The third-order valence-electron chi connectivity index (χ3n) is 5.33. The lowest BCUT2D eigenvalue weighted by molar-refractivity contribution is 0.0973. The summed E-state index contributed by atoms with van der Waals surface area (Å²) < 4.78 is 5.90. The van der Waals surface area contributed by atoms with E-state index in [1.807, 2.05) is 0 Å². The van der Waals surface area contributed by atoms with Crippen LogP contribution in [0.3, 0.4) is 0 Å². The molecular formula is C18H26N2O. The predicted molar refractivity (Wildman–Crippen MR) is 85.6 cm³/mol. The summed E-state index contributed by atoms with van der Waals surface area (Å²) in [6.45, 7) is 3.41. The summed E-state index contributed by atoms with van der Waals surface area (Å²) in [5.41, 5.74) is 2.78. The highest BCUT2D eigenvalue weighted by Crippen LogP contribution is 2.34. The number of nitrogens with one attached hydrogen (secondary N) is 1. The molecule has 0 amide bonds. The quantitative estimate of drug-likeness (QED) is 0.920. The molecule has 3 heteroatoms. The topological polar surface area (TPSA) is 24.5 Å². The summed E-state index contributed by atoms with van der Waals surface area (Å²) in [5.74, 6) is 0. The van der Waals surface area contributed by atoms with Gasteiger partial charge in [-0.3, -0.25) is 0 Å². The monoisotopic (exact) mass is 286 g/mol. The van der Waals surface area contributed by atoms with Crippen molar-refractivity contribution in [3.8, 4) is 0 Å². The van der Waals surface area contributed by atoms with Gasteiger partial charge in [0.05, 0.1) is 12.2 Å². The molecule has 1 aromatic rings. The maximum absolute atomic E-state index is 5.90. The highest BCUT2D eigenvalue weighted by atomic mass is 16.5. The Morgan fingerprint density at radius 3 is 2.52 bits per heavy atom. The molecule has 0 radical (unpaired) electrons. The van der Waals surface area contributed by atoms with Gasteiger partial charge in [0.25, 0.3) is 0 Å². The van der Waals surface area contributed by atoms with Crippen LogP contribution < -0.4 is 10.2 Å². The lowest BCUT2D eigenvalue weighted by Crippen LogP contribution is -2.37. The molecule has 4 rings (SSSR count). The van der Waals surface area contributed by atoms with Crippen molar-refractivity contribution in [2.75, 3.05) is 18.0 Å². The molecular weight excluding hydrogens is 260 g/mol. The van der Waals surface area contributed by atoms with Crippen molar-refractivity contribution in [1.82, 2.24) is 5.32 Å². The first-order chi connectivity index (χ1) is 10.4. The van der Waals surface area contributed by atoms with Crippen LogP contribution in [-0.2, 0) is 11.3 Å². The van der Waals surface area contributed by atoms with Gasteiger partial charge >= 0.3 is 0 Å². The molecule has 3 aliphatic heterocycles. The summed E-state index contributed by atoms with van der Waals surface area (Å²) >= 11 is 0. The number of ether oxygens (including phenoxy) is 1. The first-order valence-corrected chi connectivity index (χ1v) is 8.61. The zero-order valence-corrected chi connectivity index (χ0v) is 12.8. The summed E-state index contributed by atoms with van der Waals surface area (Å²) in [5, 5.41) is 3.69. The smallest absolute Gasteiger partial charge is 0.0733 e. The van der Waals surface area contributed by atoms with Gasteiger partial charge in [-0.25, -0.2) is 0 Å². The van der Waals surface area contributed by atoms with Crippen molar-refractivity contribution in [3.05, 3.63) is 29.8 Å². The van der Waals surface area contributed by atoms with Crippen molar-refractivity contribution in [3.63, 3.8) is 0 Å². The predicted octanol–water partition coefficient (Wildman–Crippen LogP) is 3.09. The van der Waals surface area contributed by atoms with E-state index < -0.39 is 0 Å². The van der Waals surface area contributed by atoms with Gasteiger partial charge in [-0.05, 0) is 56.2 Å². The number of benzene rings is 1. The fourth-order valence-corrected chi connectivity index (χ4v) is 4.08. The van der Waals surface area contributed by atoms with E-state index in [1.54, 1.807) is 0 Å². The Bertz CT molecular complexity index is 467. The van der Waals surface area contributed by atoms with Crippen LogP contribution in [0.25, 0.3) is 0 Å². The number of anilines is 1. The number of hydrogen-bond acceptors (Lipinski definition) is 3. The molecule has 3 aliphatic rings. The molecule has 0 aromatic heterocycles. The van der Waals surface area contributed by atoms with Crippen molar-refractivity contribution < 1.29 is 4.74 Å². The zero-order valence-electron chi connectivity index (χ0n) is 12.8. The molecule has 3 fully saturated rings. The standard InChI is InChI=1S/C18H26N2O/c1-2-10-20(11-3-1)15-6-4-14(5-7-15)13-19-17-12-16-8-9-18(17)21-16/h4-7,16-19H,1-3,8-13H2. The van der Waals surface area contributed by atoms with Crippen LogP contribution in [0, 0.1) is 0 Å². The van der Waals surface area contributed by atoms with E-state index in [0.717, 1.165) is 6.54 Å². The molecule has 3 atom stereocenters.